The van der Waals surface area contributed by atoms with E-state index in [9.17, 15) is 0 Å². The van der Waals surface area contributed by atoms with Gasteiger partial charge in [-0.05, 0) is 44.5 Å². The van der Waals surface area contributed by atoms with Crippen molar-refractivity contribution in [3.63, 3.8) is 0 Å². The van der Waals surface area contributed by atoms with Crippen LogP contribution in [0.1, 0.15) is 44.2 Å². The van der Waals surface area contributed by atoms with Crippen LogP contribution in [-0.4, -0.2) is 11.6 Å². The first-order chi connectivity index (χ1) is 10.6. The molecule has 0 aliphatic carbocycles. The molecule has 0 amide bonds. The summed E-state index contributed by atoms with van der Waals surface area (Å²) in [6.45, 7) is 6.98. The Morgan fingerprint density at radius 3 is 2.86 bits per heavy atom. The van der Waals surface area contributed by atoms with Gasteiger partial charge in [0.05, 0.1) is 5.52 Å². The van der Waals surface area contributed by atoms with Gasteiger partial charge in [-0.15, -0.1) is 0 Å². The summed E-state index contributed by atoms with van der Waals surface area (Å²) < 4.78 is 13.0. The molecular formula is C18H20BrNO2. The highest BCUT2D eigenvalue weighted by Crippen LogP contribution is 2.33. The minimum absolute atomic E-state index is 0.0412. The van der Waals surface area contributed by atoms with Crippen LogP contribution >= 0.6 is 15.9 Å². The molecule has 0 aliphatic rings. The maximum atomic E-state index is 6.12. The minimum Gasteiger partial charge on any atom is -0.458 e. The summed E-state index contributed by atoms with van der Waals surface area (Å²) in [5.41, 5.74) is 2.83. The van der Waals surface area contributed by atoms with Crippen molar-refractivity contribution in [3.05, 3.63) is 40.2 Å². The summed E-state index contributed by atoms with van der Waals surface area (Å²) in [6.07, 6.45) is 2.16. The lowest BCUT2D eigenvalue weighted by molar-refractivity contribution is 0.0500. The first kappa shape index (κ1) is 15.5. The zero-order valence-electron chi connectivity index (χ0n) is 13.1. The number of hydrogen-bond acceptors (Lipinski definition) is 3. The molecule has 2 heterocycles. The Morgan fingerprint density at radius 1 is 1.27 bits per heavy atom. The minimum atomic E-state index is -0.0412. The third-order valence-corrected chi connectivity index (χ3v) is 4.39. The molecule has 2 aromatic heterocycles. The molecule has 3 nitrogen and oxygen atoms in total. The van der Waals surface area contributed by atoms with E-state index in [1.54, 1.807) is 0 Å². The highest BCUT2D eigenvalue weighted by Gasteiger charge is 2.16. The van der Waals surface area contributed by atoms with Crippen LogP contribution in [-0.2, 0) is 4.74 Å². The zero-order valence-corrected chi connectivity index (χ0v) is 14.7. The van der Waals surface area contributed by atoms with Gasteiger partial charge in [0, 0.05) is 27.5 Å². The van der Waals surface area contributed by atoms with Gasteiger partial charge in [0.1, 0.15) is 17.4 Å². The summed E-state index contributed by atoms with van der Waals surface area (Å²) in [5, 5.41) is 2.09. The van der Waals surface area contributed by atoms with Gasteiger partial charge >= 0.3 is 0 Å². The molecule has 0 bridgehead atoms. The number of pyridine rings is 1. The van der Waals surface area contributed by atoms with Crippen LogP contribution in [0.2, 0.25) is 0 Å². The number of aryl methyl sites for hydroxylation is 1. The normalized spacial score (nSPS) is 13.1. The average molecular weight is 362 g/mol. The van der Waals surface area contributed by atoms with Crippen molar-refractivity contribution in [2.45, 2.75) is 39.7 Å². The quantitative estimate of drug-likeness (QED) is 0.528. The van der Waals surface area contributed by atoms with E-state index >= 15 is 0 Å². The first-order valence-electron chi connectivity index (χ1n) is 7.71. The van der Waals surface area contributed by atoms with Crippen molar-refractivity contribution in [3.8, 4) is 0 Å². The topological polar surface area (TPSA) is 35.3 Å². The fourth-order valence-electron chi connectivity index (χ4n) is 2.59. The Balaban J connectivity index is 2.06. The third kappa shape index (κ3) is 2.90. The van der Waals surface area contributed by atoms with Crippen LogP contribution in [0.25, 0.3) is 21.9 Å². The number of fused-ring (bicyclic) bond motifs is 3. The number of furan rings is 1. The SMILES string of the molecule is CCCCOC(C)c1cc2c(C)nc3ccc(Br)cc3c2o1. The van der Waals surface area contributed by atoms with Crippen LogP contribution in [0.3, 0.4) is 0 Å². The summed E-state index contributed by atoms with van der Waals surface area (Å²) in [5.74, 6) is 0.864. The van der Waals surface area contributed by atoms with E-state index < -0.39 is 0 Å². The highest BCUT2D eigenvalue weighted by molar-refractivity contribution is 9.10. The largest absolute Gasteiger partial charge is 0.458 e. The van der Waals surface area contributed by atoms with Crippen molar-refractivity contribution >= 4 is 37.8 Å². The Kier molecular flexibility index (Phi) is 4.50. The standard InChI is InChI=1S/C18H20BrNO2/c1-4-5-8-21-12(3)17-10-14-11(2)20-16-7-6-13(19)9-15(16)18(14)22-17/h6-7,9-10,12H,4-5,8H2,1-3H3. The van der Waals surface area contributed by atoms with Crippen LogP contribution in [0.5, 0.6) is 0 Å². The van der Waals surface area contributed by atoms with Gasteiger partial charge in [0.15, 0.2) is 0 Å². The molecule has 0 saturated carbocycles. The number of hydrogen-bond donors (Lipinski definition) is 0. The summed E-state index contributed by atoms with van der Waals surface area (Å²) in [4.78, 5) is 4.67. The maximum Gasteiger partial charge on any atom is 0.145 e. The predicted molar refractivity (Wildman–Crippen MR) is 93.2 cm³/mol. The summed E-state index contributed by atoms with van der Waals surface area (Å²) in [7, 11) is 0. The van der Waals surface area contributed by atoms with Crippen LogP contribution in [0, 0.1) is 6.92 Å². The van der Waals surface area contributed by atoms with Crippen LogP contribution < -0.4 is 0 Å². The summed E-state index contributed by atoms with van der Waals surface area (Å²) >= 11 is 3.52. The Labute approximate surface area is 138 Å². The fraction of sp³-hybridized carbons (Fsp3) is 0.389. The first-order valence-corrected chi connectivity index (χ1v) is 8.50. The maximum absolute atomic E-state index is 6.12. The molecule has 3 rings (SSSR count). The average Bonchev–Trinajstić information content (AvgIpc) is 2.94. The molecule has 1 unspecified atom stereocenters. The molecule has 0 fully saturated rings. The predicted octanol–water partition coefficient (Wildman–Crippen LogP) is 5.93. The van der Waals surface area contributed by atoms with Gasteiger partial charge in [0.2, 0.25) is 0 Å². The van der Waals surface area contributed by atoms with Crippen LogP contribution in [0.4, 0.5) is 0 Å². The molecule has 0 spiro atoms. The van der Waals surface area contributed by atoms with Gasteiger partial charge < -0.3 is 9.15 Å². The van der Waals surface area contributed by atoms with Gasteiger partial charge in [-0.25, -0.2) is 0 Å². The van der Waals surface area contributed by atoms with Crippen LogP contribution in [0.15, 0.2) is 33.2 Å². The molecule has 1 atom stereocenters. The number of benzene rings is 1. The molecule has 0 N–H and O–H groups in total. The Bertz CT molecular complexity index is 810. The molecule has 0 radical (unpaired) electrons. The number of unbranched alkanes of at least 4 members (excludes halogenated alkanes) is 1. The number of nitrogens with zero attached hydrogens (tertiary/aromatic N) is 1. The monoisotopic (exact) mass is 361 g/mol. The lowest BCUT2D eigenvalue weighted by Crippen LogP contribution is -1.99. The number of halogens is 1. The lowest BCUT2D eigenvalue weighted by Gasteiger charge is -2.09. The molecule has 116 valence electrons. The van der Waals surface area contributed by atoms with Crippen molar-refractivity contribution in [2.75, 3.05) is 6.61 Å². The van der Waals surface area contributed by atoms with E-state index in [-0.39, 0.29) is 6.10 Å². The van der Waals surface area contributed by atoms with Gasteiger partial charge in [0.25, 0.3) is 0 Å². The number of aromatic nitrogens is 1. The molecular weight excluding hydrogens is 342 g/mol. The third-order valence-electron chi connectivity index (χ3n) is 3.90. The molecule has 4 heteroatoms. The van der Waals surface area contributed by atoms with E-state index in [0.717, 1.165) is 57.2 Å². The fourth-order valence-corrected chi connectivity index (χ4v) is 2.96. The second-order valence-corrected chi connectivity index (χ2v) is 6.53. The molecule has 0 saturated heterocycles. The smallest absolute Gasteiger partial charge is 0.145 e. The van der Waals surface area contributed by atoms with Crippen molar-refractivity contribution < 1.29 is 9.15 Å². The van der Waals surface area contributed by atoms with E-state index in [0.29, 0.717) is 0 Å². The van der Waals surface area contributed by atoms with E-state index in [2.05, 4.69) is 40.0 Å². The van der Waals surface area contributed by atoms with Crippen molar-refractivity contribution in [1.29, 1.82) is 0 Å². The number of rotatable bonds is 5. The molecule has 22 heavy (non-hydrogen) atoms. The molecule has 0 aliphatic heterocycles. The van der Waals surface area contributed by atoms with E-state index in [1.807, 2.05) is 26.0 Å². The van der Waals surface area contributed by atoms with Gasteiger partial charge in [-0.1, -0.05) is 29.3 Å². The van der Waals surface area contributed by atoms with Crippen molar-refractivity contribution in [2.24, 2.45) is 0 Å². The highest BCUT2D eigenvalue weighted by atomic mass is 79.9. The summed E-state index contributed by atoms with van der Waals surface area (Å²) in [6, 6.07) is 8.13. The second-order valence-electron chi connectivity index (χ2n) is 5.62. The Morgan fingerprint density at radius 2 is 2.09 bits per heavy atom. The van der Waals surface area contributed by atoms with E-state index in [4.69, 9.17) is 9.15 Å². The number of ether oxygens (including phenoxy) is 1. The van der Waals surface area contributed by atoms with E-state index in [1.165, 1.54) is 0 Å². The Hall–Kier alpha value is -1.39. The van der Waals surface area contributed by atoms with Gasteiger partial charge in [-0.2, -0.15) is 0 Å². The molecule has 3 aromatic rings. The second kappa shape index (κ2) is 6.39. The zero-order chi connectivity index (χ0) is 15.7. The van der Waals surface area contributed by atoms with Crippen molar-refractivity contribution in [1.82, 2.24) is 4.98 Å². The molecule has 1 aromatic carbocycles. The van der Waals surface area contributed by atoms with Gasteiger partial charge in [-0.3, -0.25) is 4.98 Å². The lowest BCUT2D eigenvalue weighted by atomic mass is 10.1.